The third kappa shape index (κ3) is 4.62. The van der Waals surface area contributed by atoms with Crippen molar-refractivity contribution in [3.63, 3.8) is 0 Å². The maximum atomic E-state index is 13.5. The second-order valence-corrected chi connectivity index (χ2v) is 15.1. The fourth-order valence-corrected chi connectivity index (χ4v) is 4.88. The molecule has 0 unspecified atom stereocenters. The molecule has 11 heteroatoms. The highest BCUT2D eigenvalue weighted by Gasteiger charge is 2.37. The number of alkyl halides is 3. The van der Waals surface area contributed by atoms with Crippen molar-refractivity contribution in [3.05, 3.63) is 63.8 Å². The molecule has 0 spiro atoms. The number of hydrogen-bond donors (Lipinski definition) is 0. The second kappa shape index (κ2) is 8.76. The molecule has 186 valence electrons. The first-order chi connectivity index (χ1) is 16.2. The van der Waals surface area contributed by atoms with Crippen LogP contribution in [-0.2, 0) is 17.1 Å². The lowest BCUT2D eigenvalue weighted by molar-refractivity contribution is -0.141. The highest BCUT2D eigenvalue weighted by atomic mass is 35.5. The van der Waals surface area contributed by atoms with E-state index in [1.165, 1.54) is 12.4 Å². The van der Waals surface area contributed by atoms with Crippen LogP contribution >= 0.6 is 11.6 Å². The Labute approximate surface area is 206 Å². The molecule has 0 amide bonds. The highest BCUT2D eigenvalue weighted by Crippen LogP contribution is 2.37. The van der Waals surface area contributed by atoms with E-state index >= 15 is 0 Å². The minimum atomic E-state index is -4.68. The molecule has 0 aliphatic heterocycles. The third-order valence-electron chi connectivity index (χ3n) is 6.57. The van der Waals surface area contributed by atoms with Gasteiger partial charge in [0, 0.05) is 11.9 Å². The molecule has 4 aromatic rings. The Morgan fingerprint density at radius 1 is 1.09 bits per heavy atom. The van der Waals surface area contributed by atoms with Gasteiger partial charge in [0.05, 0.1) is 29.2 Å². The number of nitrogens with zero attached hydrogens (tertiary/aromatic N) is 4. The molecule has 0 radical (unpaired) electrons. The van der Waals surface area contributed by atoms with Gasteiger partial charge in [0.1, 0.15) is 11.3 Å². The topological polar surface area (TPSA) is 61.9 Å². The van der Waals surface area contributed by atoms with Gasteiger partial charge in [-0.25, -0.2) is 9.97 Å². The van der Waals surface area contributed by atoms with Gasteiger partial charge in [-0.1, -0.05) is 44.5 Å². The van der Waals surface area contributed by atoms with E-state index in [2.05, 4.69) is 43.8 Å². The van der Waals surface area contributed by atoms with Crippen LogP contribution in [-0.4, -0.2) is 34.0 Å². The Morgan fingerprint density at radius 2 is 1.77 bits per heavy atom. The predicted molar refractivity (Wildman–Crippen MR) is 134 cm³/mol. The Kier molecular flexibility index (Phi) is 6.35. The lowest BCUT2D eigenvalue weighted by atomic mass is 10.2. The molecule has 0 saturated heterocycles. The summed E-state index contributed by atoms with van der Waals surface area (Å²) in [5.41, 5.74) is -1.08. The van der Waals surface area contributed by atoms with Crippen LogP contribution in [0.25, 0.3) is 27.8 Å². The minimum absolute atomic E-state index is 0.0251. The molecule has 0 aliphatic rings. The van der Waals surface area contributed by atoms with Crippen molar-refractivity contribution in [1.29, 1.82) is 0 Å². The summed E-state index contributed by atoms with van der Waals surface area (Å²) in [6, 6.07) is 8.67. The molecule has 0 aliphatic carbocycles. The lowest BCUT2D eigenvalue weighted by Gasteiger charge is -2.36. The number of hydrogen-bond acceptors (Lipinski definition) is 4. The fraction of sp³-hybridized carbons (Fsp3) is 0.375. The second-order valence-electron chi connectivity index (χ2n) is 9.90. The molecule has 1 aromatic carbocycles. The maximum absolute atomic E-state index is 13.5. The molecule has 0 bridgehead atoms. The molecule has 6 nitrogen and oxygen atoms in total. The number of para-hydroxylation sites is 1. The minimum Gasteiger partial charge on any atom is -0.415 e. The summed E-state index contributed by atoms with van der Waals surface area (Å²) in [4.78, 5) is 21.7. The van der Waals surface area contributed by atoms with Gasteiger partial charge in [-0.3, -0.25) is 9.36 Å². The molecule has 3 heterocycles. The van der Waals surface area contributed by atoms with E-state index in [0.29, 0.717) is 24.1 Å². The van der Waals surface area contributed by atoms with Gasteiger partial charge in [0.2, 0.25) is 0 Å². The first kappa shape index (κ1) is 25.4. The smallest absolute Gasteiger partial charge is 0.415 e. The van der Waals surface area contributed by atoms with E-state index in [9.17, 15) is 18.0 Å². The number of fused-ring (bicyclic) bond motifs is 3. The number of imidazole rings is 1. The fourth-order valence-electron chi connectivity index (χ4n) is 3.63. The van der Waals surface area contributed by atoms with Crippen LogP contribution in [0, 0.1) is 0 Å². The standard InChI is InChI=1S/C24H26ClF3N4O2Si/c1-23(2,3)35(4,5)34-13-12-31-14-29-19-20(31)15-10-11-18(24(26,27)28)30-21(15)32(22(19)33)17-9-7-6-8-16(17)25/h6-11,14H,12-13H2,1-5H3. The van der Waals surface area contributed by atoms with E-state index in [1.807, 2.05) is 0 Å². The number of halogens is 4. The Hall–Kier alpha value is -2.69. The number of rotatable bonds is 5. The van der Waals surface area contributed by atoms with Gasteiger partial charge in [-0.2, -0.15) is 13.2 Å². The number of aromatic nitrogens is 4. The molecule has 3 aromatic heterocycles. The maximum Gasteiger partial charge on any atom is 0.433 e. The van der Waals surface area contributed by atoms with Crippen LogP contribution in [0.4, 0.5) is 13.2 Å². The van der Waals surface area contributed by atoms with Crippen LogP contribution in [0.15, 0.2) is 47.5 Å². The lowest BCUT2D eigenvalue weighted by Crippen LogP contribution is -2.41. The van der Waals surface area contributed by atoms with Crippen LogP contribution in [0.3, 0.4) is 0 Å². The average molecular weight is 523 g/mol. The van der Waals surface area contributed by atoms with E-state index in [-0.39, 0.29) is 26.9 Å². The predicted octanol–water partition coefficient (Wildman–Crippen LogP) is 6.43. The summed E-state index contributed by atoms with van der Waals surface area (Å²) in [6.45, 7) is 11.5. The molecule has 4 rings (SSSR count). The third-order valence-corrected chi connectivity index (χ3v) is 11.4. The molecule has 0 saturated carbocycles. The molecular weight excluding hydrogens is 497 g/mol. The van der Waals surface area contributed by atoms with Gasteiger partial charge in [0.15, 0.2) is 13.8 Å². The zero-order valence-electron chi connectivity index (χ0n) is 20.1. The van der Waals surface area contributed by atoms with Gasteiger partial charge in [-0.05, 0) is 42.4 Å². The summed E-state index contributed by atoms with van der Waals surface area (Å²) in [5, 5.41) is 0.589. The zero-order chi connectivity index (χ0) is 25.8. The van der Waals surface area contributed by atoms with E-state index in [4.69, 9.17) is 16.0 Å². The summed E-state index contributed by atoms with van der Waals surface area (Å²) >= 11 is 6.32. The van der Waals surface area contributed by atoms with Gasteiger partial charge in [0.25, 0.3) is 5.56 Å². The monoisotopic (exact) mass is 522 g/mol. The van der Waals surface area contributed by atoms with Gasteiger partial charge in [-0.15, -0.1) is 0 Å². The van der Waals surface area contributed by atoms with Crippen molar-refractivity contribution >= 4 is 42.0 Å². The van der Waals surface area contributed by atoms with Gasteiger partial charge >= 0.3 is 6.18 Å². The van der Waals surface area contributed by atoms with Crippen molar-refractivity contribution in [2.45, 2.75) is 51.6 Å². The molecule has 35 heavy (non-hydrogen) atoms. The number of benzene rings is 1. The number of pyridine rings is 2. The van der Waals surface area contributed by atoms with Crippen molar-refractivity contribution in [1.82, 2.24) is 19.1 Å². The SMILES string of the molecule is CC(C)(C)[Si](C)(C)OCCn1cnc2c(=O)n(-c3ccccc3Cl)c3nc(C(F)(F)F)ccc3c21. The Morgan fingerprint density at radius 3 is 2.40 bits per heavy atom. The summed E-state index contributed by atoms with van der Waals surface area (Å²) in [6.07, 6.45) is -3.17. The van der Waals surface area contributed by atoms with Gasteiger partial charge < -0.3 is 8.99 Å². The summed E-state index contributed by atoms with van der Waals surface area (Å²) in [7, 11) is -2.01. The molecule has 0 atom stereocenters. The van der Waals surface area contributed by atoms with Crippen molar-refractivity contribution in [2.24, 2.45) is 0 Å². The van der Waals surface area contributed by atoms with E-state index < -0.39 is 25.7 Å². The first-order valence-corrected chi connectivity index (χ1v) is 14.4. The Balaban J connectivity index is 1.92. The Bertz CT molecular complexity index is 1470. The van der Waals surface area contributed by atoms with Crippen LogP contribution < -0.4 is 5.56 Å². The van der Waals surface area contributed by atoms with E-state index in [0.717, 1.165) is 10.6 Å². The highest BCUT2D eigenvalue weighted by molar-refractivity contribution is 6.74. The first-order valence-electron chi connectivity index (χ1n) is 11.1. The van der Waals surface area contributed by atoms with Crippen LogP contribution in [0.2, 0.25) is 23.2 Å². The average Bonchev–Trinajstić information content (AvgIpc) is 3.17. The van der Waals surface area contributed by atoms with Crippen LogP contribution in [0.1, 0.15) is 26.5 Å². The largest absolute Gasteiger partial charge is 0.433 e. The normalized spacial score (nSPS) is 13.2. The molecular formula is C24H26ClF3N4O2Si. The zero-order valence-corrected chi connectivity index (χ0v) is 21.8. The van der Waals surface area contributed by atoms with Crippen molar-refractivity contribution in [2.75, 3.05) is 6.61 Å². The van der Waals surface area contributed by atoms with Crippen LogP contribution in [0.5, 0.6) is 0 Å². The molecule has 0 N–H and O–H groups in total. The quantitative estimate of drug-likeness (QED) is 0.283. The van der Waals surface area contributed by atoms with Crippen molar-refractivity contribution in [3.8, 4) is 5.69 Å². The summed E-state index contributed by atoms with van der Waals surface area (Å²) < 4.78 is 49.7. The molecule has 0 fully saturated rings. The van der Waals surface area contributed by atoms with Crippen molar-refractivity contribution < 1.29 is 17.6 Å². The summed E-state index contributed by atoms with van der Waals surface area (Å²) in [5.74, 6) is 0. The van der Waals surface area contributed by atoms with E-state index in [1.54, 1.807) is 28.8 Å².